The van der Waals surface area contributed by atoms with E-state index in [0.29, 0.717) is 36.7 Å². The van der Waals surface area contributed by atoms with Gasteiger partial charge in [-0.1, -0.05) is 6.92 Å². The van der Waals surface area contributed by atoms with Crippen molar-refractivity contribution in [1.29, 1.82) is 0 Å². The molecule has 18 heavy (non-hydrogen) atoms. The molecule has 0 radical (unpaired) electrons. The summed E-state index contributed by atoms with van der Waals surface area (Å²) in [5.74, 6) is 1.42. The molecular weight excluding hydrogens is 230 g/mol. The molecule has 2 rings (SSSR count). The van der Waals surface area contributed by atoms with Gasteiger partial charge in [-0.25, -0.2) is 0 Å². The van der Waals surface area contributed by atoms with Gasteiger partial charge in [-0.3, -0.25) is 4.79 Å². The third kappa shape index (κ3) is 3.01. The number of fused-ring (bicyclic) bond motifs is 1. The molecule has 0 amide bonds. The van der Waals surface area contributed by atoms with E-state index in [9.17, 15) is 4.79 Å². The zero-order valence-electron chi connectivity index (χ0n) is 10.6. The number of Topliss-reactive ketones (excluding diaryl/α,β-unsaturated/α-hetero) is 1. The standard InChI is InChI=1S/C14H19NO3/c1-2-11(15)9-12(16)10-4-5-13-14(8-10)18-7-3-6-17-13/h4-5,8,11H,2-3,6-7,9,15H2,1H3. The number of hydrogen-bond donors (Lipinski definition) is 1. The number of hydrogen-bond acceptors (Lipinski definition) is 4. The van der Waals surface area contributed by atoms with Gasteiger partial charge in [0.15, 0.2) is 17.3 Å². The van der Waals surface area contributed by atoms with Crippen molar-refractivity contribution in [1.82, 2.24) is 0 Å². The summed E-state index contributed by atoms with van der Waals surface area (Å²) in [4.78, 5) is 12.0. The lowest BCUT2D eigenvalue weighted by atomic mass is 10.0. The van der Waals surface area contributed by atoms with Gasteiger partial charge in [0.2, 0.25) is 0 Å². The summed E-state index contributed by atoms with van der Waals surface area (Å²) < 4.78 is 11.1. The molecule has 1 atom stereocenters. The van der Waals surface area contributed by atoms with Crippen LogP contribution >= 0.6 is 0 Å². The van der Waals surface area contributed by atoms with Crippen LogP contribution in [0.25, 0.3) is 0 Å². The zero-order chi connectivity index (χ0) is 13.0. The summed E-state index contributed by atoms with van der Waals surface area (Å²) >= 11 is 0. The van der Waals surface area contributed by atoms with Crippen molar-refractivity contribution >= 4 is 5.78 Å². The molecule has 1 aliphatic rings. The van der Waals surface area contributed by atoms with Gasteiger partial charge in [0.25, 0.3) is 0 Å². The highest BCUT2D eigenvalue weighted by atomic mass is 16.5. The molecule has 1 aromatic rings. The normalized spacial score (nSPS) is 15.9. The molecule has 98 valence electrons. The molecular formula is C14H19NO3. The van der Waals surface area contributed by atoms with E-state index in [4.69, 9.17) is 15.2 Å². The highest BCUT2D eigenvalue weighted by molar-refractivity contribution is 5.97. The summed E-state index contributed by atoms with van der Waals surface area (Å²) in [5.41, 5.74) is 6.44. The number of benzene rings is 1. The van der Waals surface area contributed by atoms with Crippen molar-refractivity contribution in [3.05, 3.63) is 23.8 Å². The number of rotatable bonds is 4. The maximum absolute atomic E-state index is 12.0. The minimum atomic E-state index is -0.0755. The second-order valence-electron chi connectivity index (χ2n) is 4.51. The van der Waals surface area contributed by atoms with E-state index in [1.165, 1.54) is 0 Å². The first-order valence-corrected chi connectivity index (χ1v) is 6.39. The number of ketones is 1. The molecule has 0 spiro atoms. The number of nitrogens with two attached hydrogens (primary N) is 1. The Bertz CT molecular complexity index is 431. The lowest BCUT2D eigenvalue weighted by Gasteiger charge is -2.10. The fourth-order valence-corrected chi connectivity index (χ4v) is 1.84. The van der Waals surface area contributed by atoms with Crippen LogP contribution in [0.4, 0.5) is 0 Å². The van der Waals surface area contributed by atoms with E-state index in [1.54, 1.807) is 18.2 Å². The van der Waals surface area contributed by atoms with Crippen LogP contribution < -0.4 is 15.2 Å². The highest BCUT2D eigenvalue weighted by Crippen LogP contribution is 2.30. The highest BCUT2D eigenvalue weighted by Gasteiger charge is 2.15. The first kappa shape index (κ1) is 12.9. The maximum atomic E-state index is 12.0. The number of ether oxygens (including phenoxy) is 2. The average Bonchev–Trinajstić information content (AvgIpc) is 2.62. The van der Waals surface area contributed by atoms with Crippen LogP contribution in [-0.4, -0.2) is 25.0 Å². The quantitative estimate of drug-likeness (QED) is 0.831. The van der Waals surface area contributed by atoms with Gasteiger partial charge < -0.3 is 15.2 Å². The van der Waals surface area contributed by atoms with Crippen LogP contribution in [0.15, 0.2) is 18.2 Å². The van der Waals surface area contributed by atoms with Crippen molar-refractivity contribution in [2.24, 2.45) is 5.73 Å². The average molecular weight is 249 g/mol. The van der Waals surface area contributed by atoms with Gasteiger partial charge >= 0.3 is 0 Å². The fraction of sp³-hybridized carbons (Fsp3) is 0.500. The predicted octanol–water partition coefficient (Wildman–Crippen LogP) is 2.16. The van der Waals surface area contributed by atoms with Gasteiger partial charge in [0.1, 0.15) is 0 Å². The molecule has 0 saturated heterocycles. The summed E-state index contributed by atoms with van der Waals surface area (Å²) in [6.45, 7) is 3.26. The van der Waals surface area contributed by atoms with Crippen LogP contribution in [-0.2, 0) is 0 Å². The molecule has 2 N–H and O–H groups in total. The topological polar surface area (TPSA) is 61.6 Å². The van der Waals surface area contributed by atoms with Gasteiger partial charge in [-0.2, -0.15) is 0 Å². The van der Waals surface area contributed by atoms with E-state index in [1.807, 2.05) is 6.92 Å². The minimum absolute atomic E-state index is 0.0556. The lowest BCUT2D eigenvalue weighted by Crippen LogP contribution is -2.22. The molecule has 1 heterocycles. The Labute approximate surface area is 107 Å². The third-order valence-corrected chi connectivity index (χ3v) is 3.04. The molecule has 1 aliphatic heterocycles. The van der Waals surface area contributed by atoms with Gasteiger partial charge in [-0.15, -0.1) is 0 Å². The van der Waals surface area contributed by atoms with E-state index in [-0.39, 0.29) is 11.8 Å². The second kappa shape index (κ2) is 5.87. The molecule has 1 aromatic carbocycles. The Morgan fingerprint density at radius 2 is 2.06 bits per heavy atom. The van der Waals surface area contributed by atoms with Crippen molar-refractivity contribution in [3.63, 3.8) is 0 Å². The molecule has 4 heteroatoms. The molecule has 0 aliphatic carbocycles. The largest absolute Gasteiger partial charge is 0.490 e. The Hall–Kier alpha value is -1.55. The van der Waals surface area contributed by atoms with Crippen molar-refractivity contribution < 1.29 is 14.3 Å². The lowest BCUT2D eigenvalue weighted by molar-refractivity contribution is 0.0973. The van der Waals surface area contributed by atoms with Crippen molar-refractivity contribution in [2.45, 2.75) is 32.2 Å². The molecule has 0 fully saturated rings. The van der Waals surface area contributed by atoms with Crippen LogP contribution in [0.5, 0.6) is 11.5 Å². The summed E-state index contributed by atoms with van der Waals surface area (Å²) in [6, 6.07) is 5.25. The summed E-state index contributed by atoms with van der Waals surface area (Å²) in [7, 11) is 0. The van der Waals surface area contributed by atoms with Crippen molar-refractivity contribution in [2.75, 3.05) is 13.2 Å². The van der Waals surface area contributed by atoms with E-state index < -0.39 is 0 Å². The predicted molar refractivity (Wildman–Crippen MR) is 69.3 cm³/mol. The fourth-order valence-electron chi connectivity index (χ4n) is 1.84. The Morgan fingerprint density at radius 3 is 2.78 bits per heavy atom. The van der Waals surface area contributed by atoms with E-state index in [0.717, 1.165) is 12.8 Å². The minimum Gasteiger partial charge on any atom is -0.490 e. The van der Waals surface area contributed by atoms with Crippen molar-refractivity contribution in [3.8, 4) is 11.5 Å². The Kier molecular flexibility index (Phi) is 4.20. The maximum Gasteiger partial charge on any atom is 0.164 e. The molecule has 0 saturated carbocycles. The zero-order valence-corrected chi connectivity index (χ0v) is 10.6. The molecule has 0 aromatic heterocycles. The number of carbonyl (C=O) groups excluding carboxylic acids is 1. The van der Waals surface area contributed by atoms with Crippen LogP contribution in [0.3, 0.4) is 0 Å². The molecule has 4 nitrogen and oxygen atoms in total. The summed E-state index contributed by atoms with van der Waals surface area (Å²) in [6.07, 6.45) is 2.03. The van der Waals surface area contributed by atoms with Crippen LogP contribution in [0.2, 0.25) is 0 Å². The first-order valence-electron chi connectivity index (χ1n) is 6.39. The monoisotopic (exact) mass is 249 g/mol. The van der Waals surface area contributed by atoms with Gasteiger partial charge in [-0.05, 0) is 24.6 Å². The third-order valence-electron chi connectivity index (χ3n) is 3.04. The van der Waals surface area contributed by atoms with E-state index >= 15 is 0 Å². The molecule has 1 unspecified atom stereocenters. The summed E-state index contributed by atoms with van der Waals surface area (Å²) in [5, 5.41) is 0. The molecule has 0 bridgehead atoms. The SMILES string of the molecule is CCC(N)CC(=O)c1ccc2c(c1)OCCCO2. The number of carbonyl (C=O) groups is 1. The van der Waals surface area contributed by atoms with Crippen LogP contribution in [0, 0.1) is 0 Å². The second-order valence-corrected chi connectivity index (χ2v) is 4.51. The van der Waals surface area contributed by atoms with E-state index in [2.05, 4.69) is 0 Å². The van der Waals surface area contributed by atoms with Crippen LogP contribution in [0.1, 0.15) is 36.5 Å². The Morgan fingerprint density at radius 1 is 1.33 bits per heavy atom. The smallest absolute Gasteiger partial charge is 0.164 e. The van der Waals surface area contributed by atoms with Gasteiger partial charge in [0, 0.05) is 24.4 Å². The Balaban J connectivity index is 2.15. The van der Waals surface area contributed by atoms with Gasteiger partial charge in [0.05, 0.1) is 13.2 Å². The first-order chi connectivity index (χ1) is 8.70.